The van der Waals surface area contributed by atoms with Crippen LogP contribution in [0.15, 0.2) is 48.5 Å². The van der Waals surface area contributed by atoms with E-state index in [0.29, 0.717) is 6.42 Å². The van der Waals surface area contributed by atoms with Crippen LogP contribution in [0.5, 0.6) is 0 Å². The number of hydrogen-bond acceptors (Lipinski definition) is 4. The molecule has 28 heavy (non-hydrogen) atoms. The Balaban J connectivity index is 1.66. The van der Waals surface area contributed by atoms with Gasteiger partial charge in [-0.1, -0.05) is 48.0 Å². The predicted molar refractivity (Wildman–Crippen MR) is 100 cm³/mol. The van der Waals surface area contributed by atoms with Crippen LogP contribution in [0.3, 0.4) is 0 Å². The molecule has 3 amide bonds. The van der Waals surface area contributed by atoms with Gasteiger partial charge in [-0.25, -0.2) is 14.1 Å². The smallest absolute Gasteiger partial charge is 0.417 e. The lowest BCUT2D eigenvalue weighted by molar-refractivity contribution is -0.127. The summed E-state index contributed by atoms with van der Waals surface area (Å²) in [4.78, 5) is 37.0. The van der Waals surface area contributed by atoms with Crippen molar-refractivity contribution in [3.63, 3.8) is 0 Å². The highest BCUT2D eigenvalue weighted by Crippen LogP contribution is 2.19. The number of cyclic esters (lactones) is 1. The van der Waals surface area contributed by atoms with Gasteiger partial charge >= 0.3 is 6.09 Å². The second kappa shape index (κ2) is 8.84. The molecule has 1 atom stereocenters. The number of imide groups is 1. The number of carbonyl (C=O) groups is 3. The molecule has 1 heterocycles. The van der Waals surface area contributed by atoms with Crippen LogP contribution in [0.25, 0.3) is 0 Å². The van der Waals surface area contributed by atoms with Crippen LogP contribution in [0, 0.1) is 5.82 Å². The van der Waals surface area contributed by atoms with E-state index in [4.69, 9.17) is 16.3 Å². The third-order valence-corrected chi connectivity index (χ3v) is 4.66. The van der Waals surface area contributed by atoms with Crippen molar-refractivity contribution in [2.45, 2.75) is 18.9 Å². The monoisotopic (exact) mass is 404 g/mol. The Bertz CT molecular complexity index is 875. The number of amides is 3. The van der Waals surface area contributed by atoms with Crippen molar-refractivity contribution in [2.75, 3.05) is 13.2 Å². The third-order valence-electron chi connectivity index (χ3n) is 4.37. The van der Waals surface area contributed by atoms with Gasteiger partial charge in [0.05, 0.1) is 17.6 Å². The van der Waals surface area contributed by atoms with Crippen molar-refractivity contribution >= 4 is 29.5 Å². The van der Waals surface area contributed by atoms with E-state index in [2.05, 4.69) is 5.32 Å². The summed E-state index contributed by atoms with van der Waals surface area (Å²) in [5.41, 5.74) is 1.49. The molecule has 2 aromatic rings. The maximum atomic E-state index is 13.2. The van der Waals surface area contributed by atoms with Crippen LogP contribution in [0.2, 0.25) is 5.02 Å². The first kappa shape index (κ1) is 19.8. The summed E-state index contributed by atoms with van der Waals surface area (Å²) >= 11 is 5.76. The Morgan fingerprint density at radius 2 is 1.96 bits per heavy atom. The van der Waals surface area contributed by atoms with Crippen LogP contribution in [0.1, 0.15) is 23.6 Å². The molecule has 1 fully saturated rings. The normalized spacial score (nSPS) is 14.7. The number of carbonyl (C=O) groups excluding carboxylic acids is 3. The molecule has 0 saturated carbocycles. The van der Waals surface area contributed by atoms with Gasteiger partial charge in [0.25, 0.3) is 5.91 Å². The zero-order valence-electron chi connectivity index (χ0n) is 14.9. The fourth-order valence-corrected chi connectivity index (χ4v) is 3.08. The summed E-state index contributed by atoms with van der Waals surface area (Å²) in [5.74, 6) is -1.23. The quantitative estimate of drug-likeness (QED) is 0.768. The van der Waals surface area contributed by atoms with Crippen molar-refractivity contribution in [3.8, 4) is 0 Å². The van der Waals surface area contributed by atoms with E-state index < -0.39 is 23.9 Å². The zero-order chi connectivity index (χ0) is 20.1. The Kier molecular flexibility index (Phi) is 6.26. The van der Waals surface area contributed by atoms with E-state index in [1.165, 1.54) is 12.1 Å². The average Bonchev–Trinajstić information content (AvgIpc) is 3.01. The van der Waals surface area contributed by atoms with Crippen molar-refractivity contribution in [1.82, 2.24) is 10.2 Å². The van der Waals surface area contributed by atoms with Crippen LogP contribution in [0.4, 0.5) is 9.18 Å². The summed E-state index contributed by atoms with van der Waals surface area (Å²) in [6.07, 6.45) is -0.206. The maximum absolute atomic E-state index is 13.2. The lowest BCUT2D eigenvalue weighted by atomic mass is 10.1. The highest BCUT2D eigenvalue weighted by Gasteiger charge is 2.33. The summed E-state index contributed by atoms with van der Waals surface area (Å²) in [6, 6.07) is 12.8. The van der Waals surface area contributed by atoms with Crippen molar-refractivity contribution in [2.24, 2.45) is 0 Å². The van der Waals surface area contributed by atoms with Gasteiger partial charge in [-0.3, -0.25) is 9.59 Å². The molecule has 1 aliphatic rings. The molecular formula is C20H18ClFN2O4. The van der Waals surface area contributed by atoms with Crippen molar-refractivity contribution < 1.29 is 23.5 Å². The second-order valence-electron chi connectivity index (χ2n) is 6.34. The Morgan fingerprint density at radius 3 is 2.61 bits per heavy atom. The summed E-state index contributed by atoms with van der Waals surface area (Å²) in [6.45, 7) is -0.310. The molecule has 1 unspecified atom stereocenters. The van der Waals surface area contributed by atoms with Gasteiger partial charge in [0.2, 0.25) is 5.91 Å². The number of hydrogen-bond donors (Lipinski definition) is 1. The molecule has 3 rings (SSSR count). The number of aryl methyl sites for hydroxylation is 1. The van der Waals surface area contributed by atoms with E-state index in [1.54, 1.807) is 30.3 Å². The molecule has 0 radical (unpaired) electrons. The predicted octanol–water partition coefficient (Wildman–Crippen LogP) is 3.25. The van der Waals surface area contributed by atoms with Gasteiger partial charge in [-0.15, -0.1) is 0 Å². The van der Waals surface area contributed by atoms with Gasteiger partial charge < -0.3 is 10.1 Å². The van der Waals surface area contributed by atoms with Gasteiger partial charge in [-0.2, -0.15) is 0 Å². The number of nitrogens with zero attached hydrogens (tertiary/aromatic N) is 1. The first-order valence-corrected chi connectivity index (χ1v) is 9.07. The van der Waals surface area contributed by atoms with Crippen LogP contribution in [-0.2, 0) is 20.7 Å². The first-order valence-electron chi connectivity index (χ1n) is 8.69. The zero-order valence-corrected chi connectivity index (χ0v) is 15.6. The molecular weight excluding hydrogens is 387 g/mol. The molecule has 146 valence electrons. The fourth-order valence-electron chi connectivity index (χ4n) is 2.88. The molecule has 0 aromatic heterocycles. The van der Waals surface area contributed by atoms with E-state index in [1.807, 2.05) is 6.07 Å². The van der Waals surface area contributed by atoms with Gasteiger partial charge in [-0.05, 0) is 29.7 Å². The van der Waals surface area contributed by atoms with Gasteiger partial charge in [0, 0.05) is 6.42 Å². The number of benzene rings is 2. The summed E-state index contributed by atoms with van der Waals surface area (Å²) in [5, 5.41) is 2.86. The summed E-state index contributed by atoms with van der Waals surface area (Å²) < 4.78 is 18.0. The SMILES string of the molecule is O=C(CCc1ccc(F)c(Cl)c1)NC(CN1C(=O)COC1=O)c1ccccc1. The van der Waals surface area contributed by atoms with Crippen molar-refractivity contribution in [3.05, 3.63) is 70.5 Å². The molecule has 1 aliphatic heterocycles. The molecule has 1 N–H and O–H groups in total. The van der Waals surface area contributed by atoms with Gasteiger partial charge in [0.1, 0.15) is 5.82 Å². The van der Waals surface area contributed by atoms with E-state index in [-0.39, 0.29) is 30.5 Å². The maximum Gasteiger partial charge on any atom is 0.417 e. The Morgan fingerprint density at radius 1 is 1.21 bits per heavy atom. The standard InChI is InChI=1S/C20H18ClFN2O4/c21-15-10-13(6-8-16(15)22)7-9-18(25)23-17(14-4-2-1-3-5-14)11-24-19(26)12-28-20(24)27/h1-6,8,10,17H,7,9,11-12H2,(H,23,25). The molecule has 0 spiro atoms. The molecule has 6 nitrogen and oxygen atoms in total. The average molecular weight is 405 g/mol. The van der Waals surface area contributed by atoms with E-state index in [9.17, 15) is 18.8 Å². The molecule has 2 aromatic carbocycles. The number of rotatable bonds is 7. The van der Waals surface area contributed by atoms with E-state index >= 15 is 0 Å². The van der Waals surface area contributed by atoms with Crippen molar-refractivity contribution in [1.29, 1.82) is 0 Å². The van der Waals surface area contributed by atoms with Crippen LogP contribution < -0.4 is 5.32 Å². The minimum atomic E-state index is -0.721. The minimum absolute atomic E-state index is 0.00567. The highest BCUT2D eigenvalue weighted by molar-refractivity contribution is 6.30. The number of halogens is 2. The van der Waals surface area contributed by atoms with E-state index in [0.717, 1.165) is 16.0 Å². The highest BCUT2D eigenvalue weighted by atomic mass is 35.5. The number of nitrogens with one attached hydrogen (secondary N) is 1. The molecule has 8 heteroatoms. The van der Waals surface area contributed by atoms with Gasteiger partial charge in [0.15, 0.2) is 6.61 Å². The molecule has 0 aliphatic carbocycles. The summed E-state index contributed by atoms with van der Waals surface area (Å²) in [7, 11) is 0. The minimum Gasteiger partial charge on any atom is -0.439 e. The Hall–Kier alpha value is -2.93. The lowest BCUT2D eigenvalue weighted by Gasteiger charge is -2.23. The lowest BCUT2D eigenvalue weighted by Crippen LogP contribution is -2.40. The van der Waals surface area contributed by atoms with Crippen LogP contribution >= 0.6 is 11.6 Å². The van der Waals surface area contributed by atoms with Crippen LogP contribution in [-0.4, -0.2) is 36.0 Å². The third kappa shape index (κ3) is 4.86. The molecule has 1 saturated heterocycles. The first-order chi connectivity index (χ1) is 13.4. The molecule has 0 bridgehead atoms. The Labute approximate surface area is 166 Å². The topological polar surface area (TPSA) is 75.7 Å². The largest absolute Gasteiger partial charge is 0.439 e. The number of ether oxygens (including phenoxy) is 1. The second-order valence-corrected chi connectivity index (χ2v) is 6.75. The fraction of sp³-hybridized carbons (Fsp3) is 0.250.